The minimum absolute atomic E-state index is 0.0214. The van der Waals surface area contributed by atoms with Crippen LogP contribution in [0, 0.1) is 0 Å². The lowest BCUT2D eigenvalue weighted by Crippen LogP contribution is -2.79. The van der Waals surface area contributed by atoms with E-state index < -0.39 is 16.8 Å². The van der Waals surface area contributed by atoms with Crippen molar-refractivity contribution >= 4 is 0 Å². The Morgan fingerprint density at radius 1 is 1.06 bits per heavy atom. The molecule has 7 rings (SSSR count). The molecular formula is C26H29NO5. The standard InChI is InChI=1S/C26H29NO5/c1-29-19-8-7-18-15-20-25(28)9-10-26(30-13-14-31-26)23-24(25,21(18)22(19)32-23)11-12-27(20)16-17-5-3-2-4-6-17/h2-8,20,23,28H,9-16H2,1H3/t20-,23-,24+,25-/m1/s1. The van der Waals surface area contributed by atoms with E-state index in [1.165, 1.54) is 11.1 Å². The number of hydrogen-bond donors (Lipinski definition) is 1. The Morgan fingerprint density at radius 2 is 1.88 bits per heavy atom. The van der Waals surface area contributed by atoms with E-state index in [1.54, 1.807) is 7.11 Å². The Kier molecular flexibility index (Phi) is 3.92. The molecule has 0 amide bonds. The molecule has 4 atom stereocenters. The van der Waals surface area contributed by atoms with Gasteiger partial charge in [0.25, 0.3) is 0 Å². The number of aliphatic hydroxyl groups is 1. The number of likely N-dealkylation sites (tertiary alicyclic amines) is 1. The van der Waals surface area contributed by atoms with Crippen LogP contribution in [-0.2, 0) is 27.9 Å². The van der Waals surface area contributed by atoms with Gasteiger partial charge in [0.2, 0.25) is 5.79 Å². The van der Waals surface area contributed by atoms with E-state index in [2.05, 4.69) is 41.3 Å². The third-order valence-electron chi connectivity index (χ3n) is 8.79. The van der Waals surface area contributed by atoms with Gasteiger partial charge in [-0.15, -0.1) is 0 Å². The zero-order valence-electron chi connectivity index (χ0n) is 18.4. The van der Waals surface area contributed by atoms with E-state index in [1.807, 2.05) is 6.07 Å². The van der Waals surface area contributed by atoms with Crippen LogP contribution in [0.2, 0.25) is 0 Å². The Morgan fingerprint density at radius 3 is 2.66 bits per heavy atom. The first-order valence-electron chi connectivity index (χ1n) is 11.8. The van der Waals surface area contributed by atoms with Crippen molar-refractivity contribution in [2.24, 2.45) is 0 Å². The maximum absolute atomic E-state index is 12.6. The summed E-state index contributed by atoms with van der Waals surface area (Å²) >= 11 is 0. The van der Waals surface area contributed by atoms with Crippen molar-refractivity contribution in [3.8, 4) is 11.5 Å². The molecule has 2 spiro atoms. The number of rotatable bonds is 3. The van der Waals surface area contributed by atoms with Gasteiger partial charge in [-0.05, 0) is 36.5 Å². The molecule has 2 aromatic carbocycles. The molecule has 0 aromatic heterocycles. The van der Waals surface area contributed by atoms with Gasteiger partial charge in [0.15, 0.2) is 17.6 Å². The lowest BCUT2D eigenvalue weighted by Gasteiger charge is -2.65. The molecule has 6 heteroatoms. The van der Waals surface area contributed by atoms with Crippen LogP contribution in [0.1, 0.15) is 36.0 Å². The quantitative estimate of drug-likeness (QED) is 0.800. The topological polar surface area (TPSA) is 60.4 Å². The highest BCUT2D eigenvalue weighted by Crippen LogP contribution is 2.68. The van der Waals surface area contributed by atoms with Crippen molar-refractivity contribution in [1.82, 2.24) is 4.90 Å². The fourth-order valence-electron chi connectivity index (χ4n) is 7.51. The highest BCUT2D eigenvalue weighted by atomic mass is 16.8. The van der Waals surface area contributed by atoms with E-state index in [-0.39, 0.29) is 12.1 Å². The Hall–Kier alpha value is -2.12. The van der Waals surface area contributed by atoms with Crippen LogP contribution in [0.3, 0.4) is 0 Å². The summed E-state index contributed by atoms with van der Waals surface area (Å²) in [5, 5.41) is 12.6. The molecule has 3 fully saturated rings. The molecule has 1 N–H and O–H groups in total. The average Bonchev–Trinajstić information content (AvgIpc) is 3.42. The maximum Gasteiger partial charge on any atom is 0.207 e. The van der Waals surface area contributed by atoms with Gasteiger partial charge in [-0.25, -0.2) is 0 Å². The summed E-state index contributed by atoms with van der Waals surface area (Å²) in [5.41, 5.74) is 2.21. The lowest BCUT2D eigenvalue weighted by molar-refractivity contribution is -0.297. The first-order chi connectivity index (χ1) is 15.6. The number of nitrogens with zero attached hydrogens (tertiary/aromatic N) is 1. The largest absolute Gasteiger partial charge is 0.493 e. The second kappa shape index (κ2) is 6.48. The molecule has 2 aromatic rings. The third kappa shape index (κ3) is 2.19. The minimum Gasteiger partial charge on any atom is -0.493 e. The highest BCUT2D eigenvalue weighted by molar-refractivity contribution is 5.63. The smallest absolute Gasteiger partial charge is 0.207 e. The van der Waals surface area contributed by atoms with Crippen molar-refractivity contribution in [2.75, 3.05) is 26.9 Å². The predicted molar refractivity (Wildman–Crippen MR) is 117 cm³/mol. The summed E-state index contributed by atoms with van der Waals surface area (Å²) in [5.74, 6) is 0.716. The summed E-state index contributed by atoms with van der Waals surface area (Å²) < 4.78 is 24.9. The predicted octanol–water partition coefficient (Wildman–Crippen LogP) is 2.79. The van der Waals surface area contributed by atoms with Crippen molar-refractivity contribution in [3.05, 3.63) is 59.2 Å². The first kappa shape index (κ1) is 19.4. The molecule has 0 radical (unpaired) electrons. The minimum atomic E-state index is -0.907. The van der Waals surface area contributed by atoms with Gasteiger partial charge >= 0.3 is 0 Å². The molecule has 0 unspecified atom stereocenters. The molecule has 3 aliphatic heterocycles. The molecule has 2 bridgehead atoms. The van der Waals surface area contributed by atoms with Gasteiger partial charge in [-0.3, -0.25) is 4.90 Å². The fraction of sp³-hybridized carbons (Fsp3) is 0.538. The van der Waals surface area contributed by atoms with E-state index >= 15 is 0 Å². The van der Waals surface area contributed by atoms with Gasteiger partial charge in [-0.2, -0.15) is 0 Å². The fourth-order valence-corrected chi connectivity index (χ4v) is 7.51. The number of piperidine rings is 1. The summed E-state index contributed by atoms with van der Waals surface area (Å²) in [7, 11) is 1.68. The summed E-state index contributed by atoms with van der Waals surface area (Å²) in [6, 6.07) is 14.8. The zero-order chi connectivity index (χ0) is 21.6. The van der Waals surface area contributed by atoms with Crippen molar-refractivity contribution < 1.29 is 24.1 Å². The molecule has 2 aliphatic carbocycles. The monoisotopic (exact) mass is 435 g/mol. The van der Waals surface area contributed by atoms with E-state index in [0.717, 1.165) is 43.0 Å². The Balaban J connectivity index is 1.40. The van der Waals surface area contributed by atoms with Gasteiger partial charge in [-0.1, -0.05) is 36.4 Å². The molecule has 1 saturated carbocycles. The number of hydrogen-bond acceptors (Lipinski definition) is 6. The zero-order valence-corrected chi connectivity index (χ0v) is 18.4. The average molecular weight is 436 g/mol. The molecule has 6 nitrogen and oxygen atoms in total. The number of benzene rings is 2. The SMILES string of the molecule is COc1ccc2c3c1O[C@H]1C4(CC[C@@]5(O)[C@@H](C2)N(Cc2ccccc2)CC[C@]315)OCCO4. The van der Waals surface area contributed by atoms with Crippen LogP contribution in [0.4, 0.5) is 0 Å². The van der Waals surface area contributed by atoms with Crippen molar-refractivity contribution in [2.45, 2.75) is 61.2 Å². The van der Waals surface area contributed by atoms with Gasteiger partial charge < -0.3 is 24.1 Å². The molecule has 168 valence electrons. The van der Waals surface area contributed by atoms with Gasteiger partial charge in [0.05, 0.1) is 31.3 Å². The molecule has 3 heterocycles. The number of methoxy groups -OCH3 is 1. The maximum atomic E-state index is 12.6. The summed E-state index contributed by atoms with van der Waals surface area (Å²) in [4.78, 5) is 2.48. The molecular weight excluding hydrogens is 406 g/mol. The van der Waals surface area contributed by atoms with Crippen LogP contribution in [-0.4, -0.2) is 60.4 Å². The van der Waals surface area contributed by atoms with E-state index in [4.69, 9.17) is 18.9 Å². The van der Waals surface area contributed by atoms with Crippen LogP contribution in [0.5, 0.6) is 11.5 Å². The Bertz CT molecular complexity index is 1070. The van der Waals surface area contributed by atoms with Gasteiger partial charge in [0.1, 0.15) is 0 Å². The number of ether oxygens (including phenoxy) is 4. The first-order valence-corrected chi connectivity index (χ1v) is 11.8. The van der Waals surface area contributed by atoms with E-state index in [9.17, 15) is 5.11 Å². The van der Waals surface area contributed by atoms with Crippen molar-refractivity contribution in [3.63, 3.8) is 0 Å². The summed E-state index contributed by atoms with van der Waals surface area (Å²) in [6.45, 7) is 2.87. The molecule has 2 saturated heterocycles. The second-order valence-electron chi connectivity index (χ2n) is 9.96. The highest BCUT2D eigenvalue weighted by Gasteiger charge is 2.77. The molecule has 32 heavy (non-hydrogen) atoms. The van der Waals surface area contributed by atoms with Crippen molar-refractivity contribution in [1.29, 1.82) is 0 Å². The third-order valence-corrected chi connectivity index (χ3v) is 8.79. The number of fused-ring (bicyclic) bond motifs is 1. The molecule has 5 aliphatic rings. The van der Waals surface area contributed by atoms with Gasteiger partial charge in [0, 0.05) is 31.1 Å². The van der Waals surface area contributed by atoms with Crippen LogP contribution in [0.15, 0.2) is 42.5 Å². The van der Waals surface area contributed by atoms with Crippen LogP contribution in [0.25, 0.3) is 0 Å². The normalized spacial score (nSPS) is 36.1. The van der Waals surface area contributed by atoms with Crippen LogP contribution >= 0.6 is 0 Å². The second-order valence-corrected chi connectivity index (χ2v) is 9.96. The Labute approximate surface area is 188 Å². The summed E-state index contributed by atoms with van der Waals surface area (Å²) in [6.07, 6.45) is 2.51. The van der Waals surface area contributed by atoms with Crippen LogP contribution < -0.4 is 9.47 Å². The lowest BCUT2D eigenvalue weighted by atomic mass is 9.48. The van der Waals surface area contributed by atoms with E-state index in [0.29, 0.717) is 26.1 Å².